The number of nitrogens with one attached hydrogen (secondary N) is 1. The Kier molecular flexibility index (Phi) is 5.36. The largest absolute Gasteiger partial charge is 0.319 e. The summed E-state index contributed by atoms with van der Waals surface area (Å²) in [6.45, 7) is 2.30. The molecule has 1 N–H and O–H groups in total. The van der Waals surface area contributed by atoms with Gasteiger partial charge in [-0.25, -0.2) is 14.1 Å². The van der Waals surface area contributed by atoms with Gasteiger partial charge in [0.1, 0.15) is 5.82 Å². The standard InChI is InChI=1S/C26H20FN5O/c1-17-9-10-22(27)24(12-17)31-26(33)20-13-23(19-7-3-2-4-8-19)30-25-21(20)15-29-32(25)16-18-6-5-11-28-14-18/h2-15H,16H2,1H3,(H,31,33). The van der Waals surface area contributed by atoms with Crippen molar-refractivity contribution in [2.24, 2.45) is 0 Å². The normalized spacial score (nSPS) is 11.0. The first-order valence-corrected chi connectivity index (χ1v) is 10.5. The second kappa shape index (κ2) is 8.63. The molecule has 0 bridgehead atoms. The predicted molar refractivity (Wildman–Crippen MR) is 125 cm³/mol. The van der Waals surface area contributed by atoms with Gasteiger partial charge in [0.05, 0.1) is 35.1 Å². The Balaban J connectivity index is 1.62. The highest BCUT2D eigenvalue weighted by atomic mass is 19.1. The highest BCUT2D eigenvalue weighted by Crippen LogP contribution is 2.26. The van der Waals surface area contributed by atoms with Crippen LogP contribution in [0.1, 0.15) is 21.5 Å². The fourth-order valence-corrected chi connectivity index (χ4v) is 3.70. The average molecular weight is 437 g/mol. The van der Waals surface area contributed by atoms with Gasteiger partial charge in [0, 0.05) is 18.0 Å². The van der Waals surface area contributed by atoms with Gasteiger partial charge in [-0.3, -0.25) is 9.78 Å². The zero-order valence-electron chi connectivity index (χ0n) is 17.9. The van der Waals surface area contributed by atoms with Crippen molar-refractivity contribution in [3.63, 3.8) is 0 Å². The van der Waals surface area contributed by atoms with Crippen LogP contribution >= 0.6 is 0 Å². The molecule has 3 heterocycles. The van der Waals surface area contributed by atoms with E-state index >= 15 is 0 Å². The fourth-order valence-electron chi connectivity index (χ4n) is 3.70. The van der Waals surface area contributed by atoms with E-state index in [0.717, 1.165) is 16.7 Å². The highest BCUT2D eigenvalue weighted by molar-refractivity contribution is 6.12. The summed E-state index contributed by atoms with van der Waals surface area (Å²) in [5.41, 5.74) is 4.37. The van der Waals surface area contributed by atoms with E-state index < -0.39 is 11.7 Å². The third kappa shape index (κ3) is 4.21. The molecule has 0 aliphatic rings. The minimum Gasteiger partial charge on any atom is -0.319 e. The molecule has 7 heteroatoms. The number of benzene rings is 2. The number of hydrogen-bond donors (Lipinski definition) is 1. The zero-order valence-corrected chi connectivity index (χ0v) is 17.9. The number of aromatic nitrogens is 4. The van der Waals surface area contributed by atoms with Crippen molar-refractivity contribution in [1.29, 1.82) is 0 Å². The molecule has 5 aromatic rings. The molecule has 2 aromatic carbocycles. The predicted octanol–water partition coefficient (Wildman–Crippen LogP) is 5.24. The van der Waals surface area contributed by atoms with E-state index in [4.69, 9.17) is 4.98 Å². The van der Waals surface area contributed by atoms with E-state index in [1.165, 1.54) is 6.07 Å². The first-order chi connectivity index (χ1) is 16.1. The van der Waals surface area contributed by atoms with E-state index in [0.29, 0.717) is 28.8 Å². The summed E-state index contributed by atoms with van der Waals surface area (Å²) in [5, 5.41) is 7.77. The molecule has 6 nitrogen and oxygen atoms in total. The molecule has 0 fully saturated rings. The molecule has 162 valence electrons. The van der Waals surface area contributed by atoms with E-state index in [1.54, 1.807) is 41.5 Å². The topological polar surface area (TPSA) is 72.7 Å². The Hall–Kier alpha value is -4.39. The molecule has 1 amide bonds. The summed E-state index contributed by atoms with van der Waals surface area (Å²) in [7, 11) is 0. The van der Waals surface area contributed by atoms with Crippen LogP contribution in [0.3, 0.4) is 0 Å². The van der Waals surface area contributed by atoms with Crippen molar-refractivity contribution >= 4 is 22.6 Å². The molecule has 0 atom stereocenters. The zero-order chi connectivity index (χ0) is 22.8. The third-order valence-electron chi connectivity index (χ3n) is 5.35. The van der Waals surface area contributed by atoms with Crippen LogP contribution in [0.5, 0.6) is 0 Å². The fraction of sp³-hybridized carbons (Fsp3) is 0.0769. The van der Waals surface area contributed by atoms with Gasteiger partial charge in [-0.2, -0.15) is 5.10 Å². The van der Waals surface area contributed by atoms with Gasteiger partial charge in [-0.1, -0.05) is 42.5 Å². The maximum Gasteiger partial charge on any atom is 0.256 e. The summed E-state index contributed by atoms with van der Waals surface area (Å²) in [6.07, 6.45) is 5.10. The molecule has 0 aliphatic carbocycles. The van der Waals surface area contributed by atoms with E-state index in [9.17, 15) is 9.18 Å². The van der Waals surface area contributed by atoms with Gasteiger partial charge >= 0.3 is 0 Å². The molecular weight excluding hydrogens is 417 g/mol. The molecule has 0 aliphatic heterocycles. The van der Waals surface area contributed by atoms with Crippen LogP contribution in [0.15, 0.2) is 85.3 Å². The molecule has 0 unspecified atom stereocenters. The summed E-state index contributed by atoms with van der Waals surface area (Å²) < 4.78 is 16.0. The molecule has 0 radical (unpaired) electrons. The van der Waals surface area contributed by atoms with Crippen LogP contribution in [0.2, 0.25) is 0 Å². The monoisotopic (exact) mass is 437 g/mol. The Labute approximate surface area is 189 Å². The molecule has 0 saturated heterocycles. The number of amides is 1. The van der Waals surface area contributed by atoms with Crippen molar-refractivity contribution in [3.8, 4) is 11.3 Å². The average Bonchev–Trinajstić information content (AvgIpc) is 3.24. The van der Waals surface area contributed by atoms with E-state index in [2.05, 4.69) is 15.4 Å². The number of halogens is 1. The van der Waals surface area contributed by atoms with Crippen LogP contribution in [-0.2, 0) is 6.54 Å². The van der Waals surface area contributed by atoms with Crippen LogP contribution < -0.4 is 5.32 Å². The Morgan fingerprint density at radius 2 is 1.88 bits per heavy atom. The second-order valence-electron chi connectivity index (χ2n) is 7.76. The lowest BCUT2D eigenvalue weighted by atomic mass is 10.1. The molecule has 5 rings (SSSR count). The quantitative estimate of drug-likeness (QED) is 0.408. The van der Waals surface area contributed by atoms with Gasteiger partial charge in [-0.05, 0) is 42.3 Å². The summed E-state index contributed by atoms with van der Waals surface area (Å²) in [5.74, 6) is -0.917. The first kappa shape index (κ1) is 20.5. The first-order valence-electron chi connectivity index (χ1n) is 10.5. The van der Waals surface area contributed by atoms with Gasteiger partial charge in [0.2, 0.25) is 0 Å². The minimum absolute atomic E-state index is 0.133. The van der Waals surface area contributed by atoms with Crippen molar-refractivity contribution in [1.82, 2.24) is 19.7 Å². The van der Waals surface area contributed by atoms with Crippen molar-refractivity contribution in [3.05, 3.63) is 108 Å². The van der Waals surface area contributed by atoms with Crippen LogP contribution in [0, 0.1) is 12.7 Å². The lowest BCUT2D eigenvalue weighted by Gasteiger charge is -2.11. The maximum atomic E-state index is 14.3. The number of rotatable bonds is 5. The third-order valence-corrected chi connectivity index (χ3v) is 5.35. The van der Waals surface area contributed by atoms with Crippen LogP contribution in [0.25, 0.3) is 22.3 Å². The number of pyridine rings is 2. The molecule has 0 spiro atoms. The Morgan fingerprint density at radius 3 is 2.67 bits per heavy atom. The van der Waals surface area contributed by atoms with Gasteiger partial charge in [-0.15, -0.1) is 0 Å². The van der Waals surface area contributed by atoms with Crippen LogP contribution in [0.4, 0.5) is 10.1 Å². The maximum absolute atomic E-state index is 14.3. The van der Waals surface area contributed by atoms with Crippen molar-refractivity contribution in [2.45, 2.75) is 13.5 Å². The number of carbonyl (C=O) groups excluding carboxylic acids is 1. The lowest BCUT2D eigenvalue weighted by molar-refractivity contribution is 0.102. The van der Waals surface area contributed by atoms with Gasteiger partial charge < -0.3 is 5.32 Å². The number of anilines is 1. The number of hydrogen-bond acceptors (Lipinski definition) is 4. The highest BCUT2D eigenvalue weighted by Gasteiger charge is 2.19. The number of carbonyl (C=O) groups is 1. The summed E-state index contributed by atoms with van der Waals surface area (Å²) in [4.78, 5) is 22.3. The SMILES string of the molecule is Cc1ccc(F)c(NC(=O)c2cc(-c3ccccc3)nc3c2cnn3Cc2cccnc2)c1. The van der Waals surface area contributed by atoms with Gasteiger partial charge in [0.15, 0.2) is 5.65 Å². The lowest BCUT2D eigenvalue weighted by Crippen LogP contribution is -2.14. The Bertz CT molecular complexity index is 1450. The van der Waals surface area contributed by atoms with Crippen LogP contribution in [-0.4, -0.2) is 25.7 Å². The number of fused-ring (bicyclic) bond motifs is 1. The summed E-state index contributed by atoms with van der Waals surface area (Å²) in [6, 6.07) is 19.7. The van der Waals surface area contributed by atoms with Crippen molar-refractivity contribution < 1.29 is 9.18 Å². The van der Waals surface area contributed by atoms with E-state index in [1.807, 2.05) is 49.4 Å². The molecular formula is C26H20FN5O. The molecule has 3 aromatic heterocycles. The Morgan fingerprint density at radius 1 is 1.03 bits per heavy atom. The smallest absolute Gasteiger partial charge is 0.256 e. The van der Waals surface area contributed by atoms with Gasteiger partial charge in [0.25, 0.3) is 5.91 Å². The van der Waals surface area contributed by atoms with Crippen molar-refractivity contribution in [2.75, 3.05) is 5.32 Å². The van der Waals surface area contributed by atoms with E-state index in [-0.39, 0.29) is 5.69 Å². The number of aryl methyl sites for hydroxylation is 1. The minimum atomic E-state index is -0.491. The summed E-state index contributed by atoms with van der Waals surface area (Å²) >= 11 is 0. The molecule has 33 heavy (non-hydrogen) atoms. The second-order valence-corrected chi connectivity index (χ2v) is 7.76. The number of nitrogens with zero attached hydrogens (tertiary/aromatic N) is 4. The molecule has 0 saturated carbocycles.